The zero-order chi connectivity index (χ0) is 15.9. The molecule has 5 heteroatoms. The number of aromatic carboxylic acids is 1. The smallest absolute Gasteiger partial charge is 0.337 e. The largest absolute Gasteiger partial charge is 0.478 e. The van der Waals surface area contributed by atoms with E-state index in [1.54, 1.807) is 24.4 Å². The van der Waals surface area contributed by atoms with Crippen LogP contribution in [-0.4, -0.2) is 15.6 Å². The molecule has 0 atom stereocenters. The number of fused-ring (bicyclic) bond motifs is 1. The van der Waals surface area contributed by atoms with E-state index in [4.69, 9.17) is 11.6 Å². The average Bonchev–Trinajstić information content (AvgIpc) is 2.87. The van der Waals surface area contributed by atoms with E-state index in [9.17, 15) is 14.3 Å². The number of halogens is 2. The molecule has 1 aromatic heterocycles. The van der Waals surface area contributed by atoms with E-state index in [0.717, 1.165) is 5.52 Å². The third-order valence-electron chi connectivity index (χ3n) is 3.69. The van der Waals surface area contributed by atoms with Gasteiger partial charge in [-0.3, -0.25) is 0 Å². The Morgan fingerprint density at radius 3 is 2.73 bits per heavy atom. The maximum absolute atomic E-state index is 14.0. The van der Waals surface area contributed by atoms with E-state index in [2.05, 4.69) is 0 Å². The van der Waals surface area contributed by atoms with Crippen LogP contribution in [0.25, 0.3) is 22.0 Å². The molecule has 3 aromatic rings. The number of aromatic nitrogens is 1. The summed E-state index contributed by atoms with van der Waals surface area (Å²) in [6.45, 7) is 2.60. The first-order valence-corrected chi connectivity index (χ1v) is 7.20. The molecule has 0 radical (unpaired) electrons. The van der Waals surface area contributed by atoms with Gasteiger partial charge in [-0.1, -0.05) is 17.7 Å². The summed E-state index contributed by atoms with van der Waals surface area (Å²) in [5.74, 6) is -1.39. The van der Waals surface area contributed by atoms with Crippen molar-refractivity contribution in [1.82, 2.24) is 4.57 Å². The number of rotatable bonds is 3. The van der Waals surface area contributed by atoms with E-state index in [1.165, 1.54) is 18.2 Å². The third kappa shape index (κ3) is 2.35. The van der Waals surface area contributed by atoms with E-state index in [-0.39, 0.29) is 5.56 Å². The summed E-state index contributed by atoms with van der Waals surface area (Å²) in [7, 11) is 0. The van der Waals surface area contributed by atoms with Gasteiger partial charge >= 0.3 is 5.97 Å². The number of carbonyl (C=O) groups is 1. The highest BCUT2D eigenvalue weighted by atomic mass is 35.5. The Labute approximate surface area is 131 Å². The van der Waals surface area contributed by atoms with Crippen molar-refractivity contribution in [2.24, 2.45) is 0 Å². The van der Waals surface area contributed by atoms with Crippen LogP contribution in [0.2, 0.25) is 5.02 Å². The molecule has 2 aromatic carbocycles. The number of hydrogen-bond acceptors (Lipinski definition) is 1. The fraction of sp³-hybridized carbons (Fsp3) is 0.118. The molecule has 3 nitrogen and oxygen atoms in total. The summed E-state index contributed by atoms with van der Waals surface area (Å²) < 4.78 is 15.9. The zero-order valence-corrected chi connectivity index (χ0v) is 12.6. The van der Waals surface area contributed by atoms with Gasteiger partial charge in [0.25, 0.3) is 0 Å². The lowest BCUT2D eigenvalue weighted by Gasteiger charge is -2.06. The van der Waals surface area contributed by atoms with Crippen molar-refractivity contribution >= 4 is 28.5 Å². The molecule has 0 aliphatic carbocycles. The number of benzene rings is 2. The van der Waals surface area contributed by atoms with Gasteiger partial charge in [-0.15, -0.1) is 0 Å². The maximum Gasteiger partial charge on any atom is 0.337 e. The lowest BCUT2D eigenvalue weighted by Crippen LogP contribution is -1.94. The van der Waals surface area contributed by atoms with Crippen LogP contribution in [0.4, 0.5) is 4.39 Å². The third-order valence-corrected chi connectivity index (χ3v) is 3.93. The first-order chi connectivity index (χ1) is 10.5. The SMILES string of the molecule is CCn1cc(C(=O)O)c2cc(-c3cc(Cl)ccc3F)ccc21. The number of hydrogen-bond donors (Lipinski definition) is 1. The predicted octanol–water partition coefficient (Wildman–Crippen LogP) is 4.82. The summed E-state index contributed by atoms with van der Waals surface area (Å²) in [5, 5.41) is 10.4. The Bertz CT molecular complexity index is 886. The van der Waals surface area contributed by atoms with Crippen molar-refractivity contribution < 1.29 is 14.3 Å². The second-order valence-corrected chi connectivity index (χ2v) is 5.43. The summed E-state index contributed by atoms with van der Waals surface area (Å²) in [4.78, 5) is 11.4. The fourth-order valence-corrected chi connectivity index (χ4v) is 2.79. The first-order valence-electron chi connectivity index (χ1n) is 6.83. The summed E-state index contributed by atoms with van der Waals surface area (Å²) in [6, 6.07) is 9.59. The van der Waals surface area contributed by atoms with Gasteiger partial charge in [-0.2, -0.15) is 0 Å². The number of carboxylic acid groups (broad SMARTS) is 1. The Morgan fingerprint density at radius 1 is 1.27 bits per heavy atom. The van der Waals surface area contributed by atoms with Crippen LogP contribution in [0.3, 0.4) is 0 Å². The number of aryl methyl sites for hydroxylation is 1. The summed E-state index contributed by atoms with van der Waals surface area (Å²) >= 11 is 5.93. The van der Waals surface area contributed by atoms with Crippen LogP contribution >= 0.6 is 11.6 Å². The molecule has 0 fully saturated rings. The molecule has 3 rings (SSSR count). The van der Waals surface area contributed by atoms with Crippen LogP contribution in [0.5, 0.6) is 0 Å². The Kier molecular flexibility index (Phi) is 3.62. The van der Waals surface area contributed by atoms with Gasteiger partial charge < -0.3 is 9.67 Å². The Morgan fingerprint density at radius 2 is 2.05 bits per heavy atom. The minimum absolute atomic E-state index is 0.209. The van der Waals surface area contributed by atoms with Gasteiger partial charge in [-0.05, 0) is 42.8 Å². The summed E-state index contributed by atoms with van der Waals surface area (Å²) in [5.41, 5.74) is 1.98. The van der Waals surface area contributed by atoms with E-state index in [0.29, 0.717) is 28.1 Å². The highest BCUT2D eigenvalue weighted by Crippen LogP contribution is 2.31. The molecule has 1 N–H and O–H groups in total. The normalized spacial score (nSPS) is 11.0. The summed E-state index contributed by atoms with van der Waals surface area (Å²) in [6.07, 6.45) is 1.60. The monoisotopic (exact) mass is 317 g/mol. The molecule has 0 bridgehead atoms. The second kappa shape index (κ2) is 5.46. The molecule has 1 heterocycles. The molecular formula is C17H13ClFNO2. The van der Waals surface area contributed by atoms with Crippen molar-refractivity contribution in [2.75, 3.05) is 0 Å². The van der Waals surface area contributed by atoms with Crippen molar-refractivity contribution in [2.45, 2.75) is 13.5 Å². The fourth-order valence-electron chi connectivity index (χ4n) is 2.62. The second-order valence-electron chi connectivity index (χ2n) is 4.99. The molecule has 0 saturated heterocycles. The molecule has 0 amide bonds. The lowest BCUT2D eigenvalue weighted by molar-refractivity contribution is 0.0699. The molecule has 112 valence electrons. The number of nitrogens with zero attached hydrogens (tertiary/aromatic N) is 1. The van der Waals surface area contributed by atoms with E-state index < -0.39 is 11.8 Å². The van der Waals surface area contributed by atoms with Crippen molar-refractivity contribution in [3.63, 3.8) is 0 Å². The van der Waals surface area contributed by atoms with E-state index >= 15 is 0 Å². The van der Waals surface area contributed by atoms with Crippen molar-refractivity contribution in [3.8, 4) is 11.1 Å². The minimum atomic E-state index is -0.999. The maximum atomic E-state index is 14.0. The van der Waals surface area contributed by atoms with Gasteiger partial charge in [0.05, 0.1) is 5.56 Å². The van der Waals surface area contributed by atoms with Crippen LogP contribution in [0.15, 0.2) is 42.6 Å². The molecule has 0 unspecified atom stereocenters. The van der Waals surface area contributed by atoms with Gasteiger partial charge in [-0.25, -0.2) is 9.18 Å². The highest BCUT2D eigenvalue weighted by molar-refractivity contribution is 6.30. The molecular weight excluding hydrogens is 305 g/mol. The van der Waals surface area contributed by atoms with Crippen LogP contribution < -0.4 is 0 Å². The lowest BCUT2D eigenvalue weighted by atomic mass is 10.0. The standard InChI is InChI=1S/C17H13ClFNO2/c1-2-20-9-14(17(21)22)13-7-10(3-6-16(13)20)12-8-11(18)4-5-15(12)19/h3-9H,2H2,1H3,(H,21,22). The minimum Gasteiger partial charge on any atom is -0.478 e. The average molecular weight is 318 g/mol. The number of carboxylic acids is 1. The van der Waals surface area contributed by atoms with Crippen LogP contribution in [0, 0.1) is 5.82 Å². The van der Waals surface area contributed by atoms with Gasteiger partial charge in [0.15, 0.2) is 0 Å². The molecule has 22 heavy (non-hydrogen) atoms. The predicted molar refractivity (Wildman–Crippen MR) is 85.0 cm³/mol. The van der Waals surface area contributed by atoms with Crippen LogP contribution in [0.1, 0.15) is 17.3 Å². The van der Waals surface area contributed by atoms with Crippen molar-refractivity contribution in [1.29, 1.82) is 0 Å². The van der Waals surface area contributed by atoms with Crippen LogP contribution in [-0.2, 0) is 6.54 Å². The zero-order valence-electron chi connectivity index (χ0n) is 11.8. The topological polar surface area (TPSA) is 42.2 Å². The first kappa shape index (κ1) is 14.6. The Hall–Kier alpha value is -2.33. The Balaban J connectivity index is 2.27. The quantitative estimate of drug-likeness (QED) is 0.752. The highest BCUT2D eigenvalue weighted by Gasteiger charge is 2.15. The van der Waals surface area contributed by atoms with Gasteiger partial charge in [0, 0.05) is 34.2 Å². The molecule has 0 spiro atoms. The molecule has 0 aliphatic rings. The van der Waals surface area contributed by atoms with Gasteiger partial charge in [0.1, 0.15) is 5.82 Å². The molecule has 0 saturated carbocycles. The van der Waals surface area contributed by atoms with E-state index in [1.807, 2.05) is 11.5 Å². The van der Waals surface area contributed by atoms with Gasteiger partial charge in [0.2, 0.25) is 0 Å². The molecule has 0 aliphatic heterocycles. The van der Waals surface area contributed by atoms with Crippen molar-refractivity contribution in [3.05, 3.63) is 59.0 Å².